The van der Waals surface area contributed by atoms with E-state index in [9.17, 15) is 0 Å². The Morgan fingerprint density at radius 3 is 1.88 bits per heavy atom. The molecule has 0 amide bonds. The summed E-state index contributed by atoms with van der Waals surface area (Å²) >= 11 is 0. The van der Waals surface area contributed by atoms with Crippen molar-refractivity contribution in [3.63, 3.8) is 0 Å². The maximum Gasteiger partial charge on any atom is 0.118 e. The third kappa shape index (κ3) is 3.14. The predicted molar refractivity (Wildman–Crippen MR) is 104 cm³/mol. The Hall–Kier alpha value is -3.06. The van der Waals surface area contributed by atoms with E-state index < -0.39 is 0 Å². The highest BCUT2D eigenvalue weighted by molar-refractivity contribution is 5.83. The van der Waals surface area contributed by atoms with E-state index in [1.54, 1.807) is 7.11 Å². The summed E-state index contributed by atoms with van der Waals surface area (Å²) in [7, 11) is 1.70. The smallest absolute Gasteiger partial charge is 0.118 e. The Morgan fingerprint density at radius 2 is 1.16 bits per heavy atom. The highest BCUT2D eigenvalue weighted by Crippen LogP contribution is 2.34. The molecule has 0 fully saturated rings. The van der Waals surface area contributed by atoms with Crippen LogP contribution in [0.5, 0.6) is 5.75 Å². The lowest BCUT2D eigenvalue weighted by Gasteiger charge is -2.20. The van der Waals surface area contributed by atoms with E-state index >= 15 is 0 Å². The van der Waals surface area contributed by atoms with Gasteiger partial charge in [0.15, 0.2) is 0 Å². The average molecular weight is 324 g/mol. The van der Waals surface area contributed by atoms with Gasteiger partial charge in [-0.2, -0.15) is 0 Å². The molecule has 0 saturated carbocycles. The SMILES string of the molecule is COc1ccc([C@H](c2ccccc2)c2ccc3ccccc3c2)cc1. The standard InChI is InChI=1S/C24H20O/c1-25-23-15-13-20(14-16-23)24(19-8-3-2-4-9-19)22-12-11-18-7-5-6-10-21(18)17-22/h2-17,24H,1H3/t24-/m0/s1. The first-order valence-corrected chi connectivity index (χ1v) is 8.53. The summed E-state index contributed by atoms with van der Waals surface area (Å²) in [4.78, 5) is 0. The molecule has 1 nitrogen and oxygen atoms in total. The normalized spacial score (nSPS) is 12.0. The summed E-state index contributed by atoms with van der Waals surface area (Å²) in [5.41, 5.74) is 3.86. The summed E-state index contributed by atoms with van der Waals surface area (Å²) in [6.07, 6.45) is 0. The van der Waals surface area contributed by atoms with Crippen LogP contribution in [0.15, 0.2) is 97.1 Å². The second kappa shape index (κ2) is 6.82. The number of ether oxygens (including phenoxy) is 1. The molecule has 0 aliphatic rings. The van der Waals surface area contributed by atoms with Gasteiger partial charge in [0.1, 0.15) is 5.75 Å². The van der Waals surface area contributed by atoms with E-state index in [1.807, 2.05) is 12.1 Å². The predicted octanol–water partition coefficient (Wildman–Crippen LogP) is 6.03. The largest absolute Gasteiger partial charge is 0.497 e. The van der Waals surface area contributed by atoms with Crippen LogP contribution >= 0.6 is 0 Å². The number of hydrogen-bond acceptors (Lipinski definition) is 1. The molecule has 0 aliphatic carbocycles. The zero-order valence-corrected chi connectivity index (χ0v) is 14.2. The molecule has 122 valence electrons. The minimum atomic E-state index is 0.205. The number of rotatable bonds is 4. The molecule has 1 heteroatoms. The minimum absolute atomic E-state index is 0.205. The Labute approximate surface area is 148 Å². The molecule has 0 unspecified atom stereocenters. The number of hydrogen-bond donors (Lipinski definition) is 0. The van der Waals surface area contributed by atoms with E-state index in [0.717, 1.165) is 5.75 Å². The molecule has 0 heterocycles. The first-order valence-electron chi connectivity index (χ1n) is 8.53. The monoisotopic (exact) mass is 324 g/mol. The molecule has 0 bridgehead atoms. The molecule has 0 radical (unpaired) electrons. The topological polar surface area (TPSA) is 9.23 Å². The molecule has 0 aromatic heterocycles. The van der Waals surface area contributed by atoms with Crippen molar-refractivity contribution in [3.05, 3.63) is 114 Å². The fourth-order valence-corrected chi connectivity index (χ4v) is 3.41. The van der Waals surface area contributed by atoms with Gasteiger partial charge >= 0.3 is 0 Å². The Morgan fingerprint density at radius 1 is 0.560 bits per heavy atom. The van der Waals surface area contributed by atoms with Gasteiger partial charge in [0.05, 0.1) is 7.11 Å². The van der Waals surface area contributed by atoms with Crippen molar-refractivity contribution in [2.45, 2.75) is 5.92 Å². The molecule has 1 atom stereocenters. The molecule has 0 spiro atoms. The zero-order chi connectivity index (χ0) is 17.1. The summed E-state index contributed by atoms with van der Waals surface area (Å²) in [6, 6.07) is 34.3. The number of fused-ring (bicyclic) bond motifs is 1. The molecule has 4 rings (SSSR count). The van der Waals surface area contributed by atoms with Gasteiger partial charge in [0, 0.05) is 5.92 Å². The van der Waals surface area contributed by atoms with Crippen molar-refractivity contribution < 1.29 is 4.74 Å². The van der Waals surface area contributed by atoms with E-state index in [2.05, 4.69) is 84.9 Å². The molecule has 0 N–H and O–H groups in total. The fourth-order valence-electron chi connectivity index (χ4n) is 3.41. The number of benzene rings is 4. The van der Waals surface area contributed by atoms with Crippen molar-refractivity contribution in [1.82, 2.24) is 0 Å². The van der Waals surface area contributed by atoms with Crippen LogP contribution in [0.2, 0.25) is 0 Å². The maximum absolute atomic E-state index is 5.32. The third-order valence-corrected chi connectivity index (χ3v) is 4.69. The molecular formula is C24H20O. The van der Waals surface area contributed by atoms with Gasteiger partial charge in [-0.15, -0.1) is 0 Å². The van der Waals surface area contributed by atoms with Crippen LogP contribution in [0, 0.1) is 0 Å². The van der Waals surface area contributed by atoms with Crippen LogP contribution in [-0.4, -0.2) is 7.11 Å². The van der Waals surface area contributed by atoms with E-state index in [1.165, 1.54) is 27.5 Å². The second-order valence-electron chi connectivity index (χ2n) is 6.22. The second-order valence-corrected chi connectivity index (χ2v) is 6.22. The summed E-state index contributed by atoms with van der Waals surface area (Å²) in [6.45, 7) is 0. The lowest BCUT2D eigenvalue weighted by Crippen LogP contribution is -2.03. The van der Waals surface area contributed by atoms with Crippen LogP contribution < -0.4 is 4.74 Å². The van der Waals surface area contributed by atoms with Gasteiger partial charge in [-0.1, -0.05) is 84.9 Å². The Bertz CT molecular complexity index is 972. The minimum Gasteiger partial charge on any atom is -0.497 e. The summed E-state index contributed by atoms with van der Waals surface area (Å²) < 4.78 is 5.32. The lowest BCUT2D eigenvalue weighted by molar-refractivity contribution is 0.414. The van der Waals surface area contributed by atoms with Crippen LogP contribution in [0.1, 0.15) is 22.6 Å². The molecular weight excluding hydrogens is 304 g/mol. The summed E-state index contributed by atoms with van der Waals surface area (Å²) in [5.74, 6) is 1.09. The zero-order valence-electron chi connectivity index (χ0n) is 14.2. The van der Waals surface area contributed by atoms with Gasteiger partial charge in [-0.25, -0.2) is 0 Å². The third-order valence-electron chi connectivity index (χ3n) is 4.69. The van der Waals surface area contributed by atoms with Gasteiger partial charge in [-0.3, -0.25) is 0 Å². The highest BCUT2D eigenvalue weighted by Gasteiger charge is 2.17. The van der Waals surface area contributed by atoms with Crippen molar-refractivity contribution in [1.29, 1.82) is 0 Å². The Balaban J connectivity index is 1.86. The van der Waals surface area contributed by atoms with Gasteiger partial charge in [0.2, 0.25) is 0 Å². The first kappa shape index (κ1) is 15.5. The average Bonchev–Trinajstić information content (AvgIpc) is 2.69. The van der Waals surface area contributed by atoms with Crippen LogP contribution in [0.3, 0.4) is 0 Å². The molecule has 0 aliphatic heterocycles. The number of methoxy groups -OCH3 is 1. The fraction of sp³-hybridized carbons (Fsp3) is 0.0833. The van der Waals surface area contributed by atoms with Crippen LogP contribution in [0.25, 0.3) is 10.8 Å². The quantitative estimate of drug-likeness (QED) is 0.417. The van der Waals surface area contributed by atoms with Crippen molar-refractivity contribution in [3.8, 4) is 5.75 Å². The molecule has 0 saturated heterocycles. The van der Waals surface area contributed by atoms with Crippen molar-refractivity contribution in [2.24, 2.45) is 0 Å². The molecule has 25 heavy (non-hydrogen) atoms. The lowest BCUT2D eigenvalue weighted by atomic mass is 9.84. The molecule has 4 aromatic carbocycles. The first-order chi connectivity index (χ1) is 12.3. The highest BCUT2D eigenvalue weighted by atomic mass is 16.5. The van der Waals surface area contributed by atoms with E-state index in [0.29, 0.717) is 0 Å². The summed E-state index contributed by atoms with van der Waals surface area (Å²) in [5, 5.41) is 2.54. The maximum atomic E-state index is 5.32. The van der Waals surface area contributed by atoms with E-state index in [-0.39, 0.29) is 5.92 Å². The van der Waals surface area contributed by atoms with Crippen LogP contribution in [-0.2, 0) is 0 Å². The van der Waals surface area contributed by atoms with Crippen molar-refractivity contribution >= 4 is 10.8 Å². The van der Waals surface area contributed by atoms with Gasteiger partial charge in [0.25, 0.3) is 0 Å². The molecule has 4 aromatic rings. The van der Waals surface area contributed by atoms with Gasteiger partial charge in [-0.05, 0) is 39.6 Å². The van der Waals surface area contributed by atoms with Crippen molar-refractivity contribution in [2.75, 3.05) is 7.11 Å². The van der Waals surface area contributed by atoms with E-state index in [4.69, 9.17) is 4.74 Å². The Kier molecular flexibility index (Phi) is 4.22. The van der Waals surface area contributed by atoms with Crippen LogP contribution in [0.4, 0.5) is 0 Å². The van der Waals surface area contributed by atoms with Gasteiger partial charge < -0.3 is 4.74 Å².